The Bertz CT molecular complexity index is 379. The first-order chi connectivity index (χ1) is 8.93. The molecule has 1 aromatic rings. The quantitative estimate of drug-likeness (QED) is 0.837. The fourth-order valence-corrected chi connectivity index (χ4v) is 3.67. The van der Waals surface area contributed by atoms with Crippen LogP contribution >= 0.6 is 0 Å². The molecule has 2 aliphatic rings. The third-order valence-corrected chi connectivity index (χ3v) is 4.75. The number of hydrogen-bond donors (Lipinski definition) is 1. The van der Waals surface area contributed by atoms with Crippen LogP contribution in [0.4, 0.5) is 0 Å². The van der Waals surface area contributed by atoms with Gasteiger partial charge < -0.3 is 5.32 Å². The van der Waals surface area contributed by atoms with Crippen LogP contribution in [0.15, 0.2) is 24.3 Å². The van der Waals surface area contributed by atoms with Crippen molar-refractivity contribution in [1.82, 2.24) is 5.32 Å². The average Bonchev–Trinajstić information content (AvgIpc) is 2.46. The second kappa shape index (κ2) is 5.88. The predicted octanol–water partition coefficient (Wildman–Crippen LogP) is 4.23. The number of fused-ring (bicyclic) bond motifs is 1. The van der Waals surface area contributed by atoms with Crippen LogP contribution in [0, 0.1) is 5.92 Å². The van der Waals surface area contributed by atoms with E-state index >= 15 is 0 Å². The third-order valence-electron chi connectivity index (χ3n) is 4.75. The van der Waals surface area contributed by atoms with Crippen LogP contribution in [0.25, 0.3) is 0 Å². The largest absolute Gasteiger partial charge is 0.310 e. The van der Waals surface area contributed by atoms with Gasteiger partial charge in [-0.15, -0.1) is 0 Å². The summed E-state index contributed by atoms with van der Waals surface area (Å²) < 4.78 is 0. The van der Waals surface area contributed by atoms with Gasteiger partial charge in [-0.25, -0.2) is 0 Å². The van der Waals surface area contributed by atoms with E-state index in [0.717, 1.165) is 5.92 Å². The molecule has 18 heavy (non-hydrogen) atoms. The Kier molecular flexibility index (Phi) is 3.99. The minimum Gasteiger partial charge on any atom is -0.310 e. The maximum Gasteiger partial charge on any atom is 0.0323 e. The smallest absolute Gasteiger partial charge is 0.0323 e. The van der Waals surface area contributed by atoms with Crippen LogP contribution in [-0.2, 0) is 6.42 Å². The van der Waals surface area contributed by atoms with Gasteiger partial charge in [-0.1, -0.05) is 43.5 Å². The summed E-state index contributed by atoms with van der Waals surface area (Å²) in [6, 6.07) is 9.63. The first-order valence-corrected chi connectivity index (χ1v) is 7.74. The van der Waals surface area contributed by atoms with Crippen molar-refractivity contribution in [2.24, 2.45) is 5.92 Å². The molecule has 1 N–H and O–H groups in total. The fourth-order valence-electron chi connectivity index (χ4n) is 3.67. The Morgan fingerprint density at radius 3 is 2.67 bits per heavy atom. The van der Waals surface area contributed by atoms with E-state index in [9.17, 15) is 0 Å². The topological polar surface area (TPSA) is 12.0 Å². The molecule has 1 atom stereocenters. The SMILES string of the molecule is c1ccc2c(c1)CCC[C@H]2NCC1CCCCC1. The fraction of sp³-hybridized carbons (Fsp3) is 0.647. The first kappa shape index (κ1) is 12.2. The average molecular weight is 243 g/mol. The summed E-state index contributed by atoms with van der Waals surface area (Å²) in [5.41, 5.74) is 3.14. The lowest BCUT2D eigenvalue weighted by Gasteiger charge is -2.29. The van der Waals surface area contributed by atoms with Crippen LogP contribution in [0.2, 0.25) is 0 Å². The number of hydrogen-bond acceptors (Lipinski definition) is 1. The molecule has 98 valence electrons. The zero-order chi connectivity index (χ0) is 12.2. The standard InChI is InChI=1S/C17H25N/c1-2-7-14(8-3-1)13-18-17-12-6-10-15-9-4-5-11-16(15)17/h4-5,9,11,14,17-18H,1-3,6-8,10,12-13H2/t17-/m1/s1. The van der Waals surface area contributed by atoms with E-state index in [1.165, 1.54) is 57.9 Å². The van der Waals surface area contributed by atoms with Gasteiger partial charge in [0.1, 0.15) is 0 Å². The molecular formula is C17H25N. The summed E-state index contributed by atoms with van der Waals surface area (Å²) in [4.78, 5) is 0. The molecule has 0 bridgehead atoms. The van der Waals surface area contributed by atoms with Gasteiger partial charge in [0.15, 0.2) is 0 Å². The maximum absolute atomic E-state index is 3.85. The molecule has 0 radical (unpaired) electrons. The lowest BCUT2D eigenvalue weighted by Crippen LogP contribution is -2.30. The number of nitrogens with one attached hydrogen (secondary N) is 1. The summed E-state index contributed by atoms with van der Waals surface area (Å²) in [6.07, 6.45) is 11.2. The second-order valence-corrected chi connectivity index (χ2v) is 6.06. The van der Waals surface area contributed by atoms with Gasteiger partial charge in [-0.3, -0.25) is 0 Å². The summed E-state index contributed by atoms with van der Waals surface area (Å²) >= 11 is 0. The van der Waals surface area contributed by atoms with Gasteiger partial charge in [0.05, 0.1) is 0 Å². The normalized spacial score (nSPS) is 24.8. The minimum atomic E-state index is 0.622. The summed E-state index contributed by atoms with van der Waals surface area (Å²) in [5.74, 6) is 0.938. The number of benzene rings is 1. The highest BCUT2D eigenvalue weighted by Crippen LogP contribution is 2.30. The van der Waals surface area contributed by atoms with Crippen molar-refractivity contribution in [2.75, 3.05) is 6.54 Å². The Morgan fingerprint density at radius 2 is 1.78 bits per heavy atom. The summed E-state index contributed by atoms with van der Waals surface area (Å²) in [7, 11) is 0. The third kappa shape index (κ3) is 2.77. The van der Waals surface area contributed by atoms with Crippen molar-refractivity contribution in [3.05, 3.63) is 35.4 Å². The molecule has 3 rings (SSSR count). The highest BCUT2D eigenvalue weighted by Gasteiger charge is 2.21. The summed E-state index contributed by atoms with van der Waals surface area (Å²) in [5, 5.41) is 3.85. The first-order valence-electron chi connectivity index (χ1n) is 7.74. The maximum atomic E-state index is 3.85. The van der Waals surface area contributed by atoms with Crippen molar-refractivity contribution in [1.29, 1.82) is 0 Å². The van der Waals surface area contributed by atoms with E-state index in [2.05, 4.69) is 29.6 Å². The molecule has 2 aliphatic carbocycles. The van der Waals surface area contributed by atoms with Crippen LogP contribution in [0.3, 0.4) is 0 Å². The van der Waals surface area contributed by atoms with Crippen molar-refractivity contribution in [3.63, 3.8) is 0 Å². The second-order valence-electron chi connectivity index (χ2n) is 6.06. The Morgan fingerprint density at radius 1 is 0.944 bits per heavy atom. The van der Waals surface area contributed by atoms with Gasteiger partial charge in [0, 0.05) is 6.04 Å². The van der Waals surface area contributed by atoms with Crippen LogP contribution in [0.5, 0.6) is 0 Å². The van der Waals surface area contributed by atoms with Crippen molar-refractivity contribution in [3.8, 4) is 0 Å². The Labute approximate surface area is 111 Å². The van der Waals surface area contributed by atoms with E-state index < -0.39 is 0 Å². The molecule has 0 aromatic heterocycles. The van der Waals surface area contributed by atoms with Crippen LogP contribution < -0.4 is 5.32 Å². The highest BCUT2D eigenvalue weighted by molar-refractivity contribution is 5.32. The highest BCUT2D eigenvalue weighted by atomic mass is 14.9. The van der Waals surface area contributed by atoms with Crippen LogP contribution in [-0.4, -0.2) is 6.54 Å². The summed E-state index contributed by atoms with van der Waals surface area (Å²) in [6.45, 7) is 1.24. The van der Waals surface area contributed by atoms with Gasteiger partial charge in [-0.05, 0) is 55.7 Å². The predicted molar refractivity (Wildman–Crippen MR) is 76.7 cm³/mol. The molecule has 1 aromatic carbocycles. The molecule has 0 amide bonds. The van der Waals surface area contributed by atoms with Gasteiger partial charge in [-0.2, -0.15) is 0 Å². The van der Waals surface area contributed by atoms with E-state index in [1.807, 2.05) is 0 Å². The molecule has 1 nitrogen and oxygen atoms in total. The molecule has 1 saturated carbocycles. The Hall–Kier alpha value is -0.820. The number of aryl methyl sites for hydroxylation is 1. The lowest BCUT2D eigenvalue weighted by molar-refractivity contribution is 0.319. The van der Waals surface area contributed by atoms with Crippen molar-refractivity contribution in [2.45, 2.75) is 57.4 Å². The van der Waals surface area contributed by atoms with E-state index in [4.69, 9.17) is 0 Å². The molecule has 0 spiro atoms. The minimum absolute atomic E-state index is 0.622. The van der Waals surface area contributed by atoms with Gasteiger partial charge >= 0.3 is 0 Å². The van der Waals surface area contributed by atoms with Gasteiger partial charge in [0.25, 0.3) is 0 Å². The van der Waals surface area contributed by atoms with E-state index in [-0.39, 0.29) is 0 Å². The monoisotopic (exact) mass is 243 g/mol. The van der Waals surface area contributed by atoms with Gasteiger partial charge in [0.2, 0.25) is 0 Å². The molecule has 0 saturated heterocycles. The molecule has 0 heterocycles. The van der Waals surface area contributed by atoms with Crippen molar-refractivity contribution >= 4 is 0 Å². The lowest BCUT2D eigenvalue weighted by atomic mass is 9.86. The zero-order valence-electron chi connectivity index (χ0n) is 11.3. The van der Waals surface area contributed by atoms with E-state index in [0.29, 0.717) is 6.04 Å². The molecule has 0 aliphatic heterocycles. The van der Waals surface area contributed by atoms with Crippen LogP contribution in [0.1, 0.15) is 62.1 Å². The molecular weight excluding hydrogens is 218 g/mol. The molecule has 0 unspecified atom stereocenters. The number of rotatable bonds is 3. The zero-order valence-corrected chi connectivity index (χ0v) is 11.3. The van der Waals surface area contributed by atoms with E-state index in [1.54, 1.807) is 11.1 Å². The molecule has 1 fully saturated rings. The molecule has 1 heteroatoms. The Balaban J connectivity index is 1.60. The van der Waals surface area contributed by atoms with Crippen molar-refractivity contribution < 1.29 is 0 Å².